The number of fused-ring (bicyclic) bond motifs is 1. The van der Waals surface area contributed by atoms with Crippen LogP contribution < -0.4 is 15.5 Å². The summed E-state index contributed by atoms with van der Waals surface area (Å²) in [7, 11) is 0. The fourth-order valence-electron chi connectivity index (χ4n) is 3.08. The van der Waals surface area contributed by atoms with E-state index >= 15 is 0 Å². The lowest BCUT2D eigenvalue weighted by atomic mass is 10.1. The summed E-state index contributed by atoms with van der Waals surface area (Å²) in [5, 5.41) is 4.22. The predicted molar refractivity (Wildman–Crippen MR) is 128 cm³/mol. The number of hydrogen-bond acceptors (Lipinski definition) is 4. The Hall–Kier alpha value is -2.99. The topological polar surface area (TPSA) is 68.5 Å². The monoisotopic (exact) mass is 487 g/mol. The second-order valence-electron chi connectivity index (χ2n) is 6.97. The molecule has 3 aromatic carbocycles. The third kappa shape index (κ3) is 4.60. The van der Waals surface area contributed by atoms with E-state index in [0.29, 0.717) is 31.9 Å². The van der Waals surface area contributed by atoms with Crippen molar-refractivity contribution in [3.8, 4) is 17.1 Å². The standard InChI is InChI=1S/C24H16Cl3NO4/c1-13(24(30)28-19-5-3-2-4-18(19)27)31-23-21(29)17-12-16(26)10-11-20(17)32-22(23)14-6-8-15(25)9-7-14/h2-13H,1H3,(H,28,30). The Labute approximate surface area is 198 Å². The van der Waals surface area contributed by atoms with Crippen molar-refractivity contribution in [3.63, 3.8) is 0 Å². The number of nitrogens with one attached hydrogen (secondary N) is 1. The van der Waals surface area contributed by atoms with Gasteiger partial charge in [0.2, 0.25) is 11.2 Å². The van der Waals surface area contributed by atoms with Gasteiger partial charge in [0, 0.05) is 15.6 Å². The van der Waals surface area contributed by atoms with Crippen LogP contribution in [0.5, 0.6) is 5.75 Å². The molecule has 0 aliphatic rings. The summed E-state index contributed by atoms with van der Waals surface area (Å²) >= 11 is 18.2. The highest BCUT2D eigenvalue weighted by molar-refractivity contribution is 6.33. The molecule has 32 heavy (non-hydrogen) atoms. The zero-order chi connectivity index (χ0) is 22.8. The third-order valence-electron chi connectivity index (χ3n) is 4.71. The number of rotatable bonds is 5. The molecular weight excluding hydrogens is 473 g/mol. The van der Waals surface area contributed by atoms with Gasteiger partial charge in [0.05, 0.1) is 16.1 Å². The quantitative estimate of drug-likeness (QED) is 0.334. The Morgan fingerprint density at radius 3 is 2.38 bits per heavy atom. The first-order chi connectivity index (χ1) is 15.3. The average molecular weight is 489 g/mol. The zero-order valence-electron chi connectivity index (χ0n) is 16.7. The van der Waals surface area contributed by atoms with Gasteiger partial charge >= 0.3 is 0 Å². The minimum absolute atomic E-state index is 0.108. The molecule has 8 heteroatoms. The number of anilines is 1. The van der Waals surface area contributed by atoms with Crippen molar-refractivity contribution in [3.05, 3.63) is 92.0 Å². The Morgan fingerprint density at radius 1 is 0.969 bits per heavy atom. The molecule has 0 aliphatic carbocycles. The summed E-state index contributed by atoms with van der Waals surface area (Å²) < 4.78 is 11.8. The summed E-state index contributed by atoms with van der Waals surface area (Å²) in [6.45, 7) is 1.53. The van der Waals surface area contributed by atoms with E-state index in [1.807, 2.05) is 0 Å². The highest BCUT2D eigenvalue weighted by Gasteiger charge is 2.23. The molecule has 162 valence electrons. The van der Waals surface area contributed by atoms with Crippen LogP contribution in [0.3, 0.4) is 0 Å². The van der Waals surface area contributed by atoms with Crippen LogP contribution in [0.25, 0.3) is 22.3 Å². The summed E-state index contributed by atoms with van der Waals surface area (Å²) in [4.78, 5) is 26.0. The number of ether oxygens (including phenoxy) is 1. The molecule has 1 unspecified atom stereocenters. The van der Waals surface area contributed by atoms with Gasteiger partial charge < -0.3 is 14.5 Å². The maximum atomic E-state index is 13.3. The lowest BCUT2D eigenvalue weighted by Crippen LogP contribution is -2.32. The van der Waals surface area contributed by atoms with Crippen LogP contribution in [-0.2, 0) is 4.79 Å². The number of benzene rings is 3. The first-order valence-corrected chi connectivity index (χ1v) is 10.7. The van der Waals surface area contributed by atoms with E-state index in [2.05, 4.69) is 5.32 Å². The number of hydrogen-bond donors (Lipinski definition) is 1. The summed E-state index contributed by atoms with van der Waals surface area (Å²) in [5.41, 5.74) is 0.892. The highest BCUT2D eigenvalue weighted by atomic mass is 35.5. The van der Waals surface area contributed by atoms with Gasteiger partial charge in [0.1, 0.15) is 5.58 Å². The fraction of sp³-hybridized carbons (Fsp3) is 0.0833. The second-order valence-corrected chi connectivity index (χ2v) is 8.25. The summed E-state index contributed by atoms with van der Waals surface area (Å²) in [5.74, 6) is -0.409. The summed E-state index contributed by atoms with van der Waals surface area (Å²) in [6.07, 6.45) is -1.03. The first-order valence-electron chi connectivity index (χ1n) is 9.58. The van der Waals surface area contributed by atoms with Gasteiger partial charge in [-0.05, 0) is 61.5 Å². The maximum Gasteiger partial charge on any atom is 0.265 e. The fourth-order valence-corrected chi connectivity index (χ4v) is 3.56. The van der Waals surface area contributed by atoms with Crippen LogP contribution in [0.2, 0.25) is 15.1 Å². The smallest absolute Gasteiger partial charge is 0.265 e. The van der Waals surface area contributed by atoms with E-state index in [1.165, 1.54) is 13.0 Å². The molecule has 0 bridgehead atoms. The maximum absolute atomic E-state index is 13.3. The molecule has 0 aliphatic heterocycles. The number of carbonyl (C=O) groups is 1. The van der Waals surface area contributed by atoms with Crippen LogP contribution in [0.1, 0.15) is 6.92 Å². The minimum Gasteiger partial charge on any atom is -0.473 e. The van der Waals surface area contributed by atoms with Crippen LogP contribution in [0, 0.1) is 0 Å². The normalized spacial score (nSPS) is 11.9. The number of carbonyl (C=O) groups excluding carboxylic acids is 1. The molecule has 1 atom stereocenters. The second kappa shape index (κ2) is 9.25. The van der Waals surface area contributed by atoms with E-state index < -0.39 is 17.4 Å². The Morgan fingerprint density at radius 2 is 1.66 bits per heavy atom. The van der Waals surface area contributed by atoms with E-state index in [9.17, 15) is 9.59 Å². The van der Waals surface area contributed by atoms with Crippen molar-refractivity contribution in [2.75, 3.05) is 5.32 Å². The molecular formula is C24H16Cl3NO4. The van der Waals surface area contributed by atoms with Crippen LogP contribution >= 0.6 is 34.8 Å². The molecule has 5 nitrogen and oxygen atoms in total. The van der Waals surface area contributed by atoms with Gasteiger partial charge in [-0.3, -0.25) is 9.59 Å². The van der Waals surface area contributed by atoms with Gasteiger partial charge in [0.25, 0.3) is 5.91 Å². The molecule has 4 aromatic rings. The van der Waals surface area contributed by atoms with Crippen LogP contribution in [0.4, 0.5) is 5.69 Å². The third-order valence-corrected chi connectivity index (χ3v) is 5.53. The molecule has 0 fully saturated rings. The van der Waals surface area contributed by atoms with Crippen molar-refractivity contribution < 1.29 is 13.9 Å². The van der Waals surface area contributed by atoms with Gasteiger partial charge in [-0.25, -0.2) is 0 Å². The SMILES string of the molecule is CC(Oc1c(-c2ccc(Cl)cc2)oc2ccc(Cl)cc2c1=O)C(=O)Nc1ccccc1Cl. The van der Waals surface area contributed by atoms with Gasteiger partial charge in [-0.2, -0.15) is 0 Å². The Balaban J connectivity index is 1.76. The predicted octanol–water partition coefficient (Wildman–Crippen LogP) is 6.83. The largest absolute Gasteiger partial charge is 0.473 e. The van der Waals surface area contributed by atoms with Crippen molar-refractivity contribution in [2.24, 2.45) is 0 Å². The Kier molecular flexibility index (Phi) is 6.42. The Bertz CT molecular complexity index is 1370. The van der Waals surface area contributed by atoms with Crippen molar-refractivity contribution in [1.82, 2.24) is 0 Å². The zero-order valence-corrected chi connectivity index (χ0v) is 19.0. The van der Waals surface area contributed by atoms with E-state index in [0.717, 1.165) is 0 Å². The minimum atomic E-state index is -1.03. The van der Waals surface area contributed by atoms with E-state index in [1.54, 1.807) is 60.7 Å². The molecule has 0 radical (unpaired) electrons. The lowest BCUT2D eigenvalue weighted by molar-refractivity contribution is -0.122. The van der Waals surface area contributed by atoms with Crippen LogP contribution in [-0.4, -0.2) is 12.0 Å². The molecule has 0 saturated heterocycles. The highest BCUT2D eigenvalue weighted by Crippen LogP contribution is 2.33. The molecule has 0 spiro atoms. The number of para-hydroxylation sites is 1. The van der Waals surface area contributed by atoms with Crippen LogP contribution in [0.15, 0.2) is 75.9 Å². The molecule has 0 saturated carbocycles. The molecule has 4 rings (SSSR count). The molecule has 1 aromatic heterocycles. The molecule has 1 N–H and O–H groups in total. The average Bonchev–Trinajstić information content (AvgIpc) is 2.78. The first kappa shape index (κ1) is 22.2. The van der Waals surface area contributed by atoms with Crippen molar-refractivity contribution in [2.45, 2.75) is 13.0 Å². The van der Waals surface area contributed by atoms with E-state index in [4.69, 9.17) is 44.0 Å². The van der Waals surface area contributed by atoms with E-state index in [-0.39, 0.29) is 16.9 Å². The van der Waals surface area contributed by atoms with Gasteiger partial charge in [-0.1, -0.05) is 46.9 Å². The molecule has 1 heterocycles. The summed E-state index contributed by atoms with van der Waals surface area (Å²) in [6, 6.07) is 18.3. The van der Waals surface area contributed by atoms with Crippen molar-refractivity contribution in [1.29, 1.82) is 0 Å². The van der Waals surface area contributed by atoms with Gasteiger partial charge in [0.15, 0.2) is 11.9 Å². The van der Waals surface area contributed by atoms with Gasteiger partial charge in [-0.15, -0.1) is 0 Å². The molecule has 1 amide bonds. The van der Waals surface area contributed by atoms with Crippen molar-refractivity contribution >= 4 is 57.4 Å². The number of amides is 1. The number of halogens is 3. The lowest BCUT2D eigenvalue weighted by Gasteiger charge is -2.17.